The van der Waals surface area contributed by atoms with Crippen molar-refractivity contribution >= 4 is 46.2 Å². The van der Waals surface area contributed by atoms with Gasteiger partial charge in [0, 0.05) is 16.4 Å². The maximum Gasteiger partial charge on any atom is 0.255 e. The summed E-state index contributed by atoms with van der Waals surface area (Å²) in [5, 5.41) is 44.4. The number of carbonyl (C=O) groups is 3. The average molecular weight is 531 g/mol. The summed E-state index contributed by atoms with van der Waals surface area (Å²) in [5.74, 6) is -6.73. The van der Waals surface area contributed by atoms with Crippen LogP contribution in [0.4, 0.5) is 0 Å². The highest BCUT2D eigenvalue weighted by molar-refractivity contribution is 7.19. The number of aliphatic hydroxyl groups excluding tert-OH is 2. The third-order valence-corrected chi connectivity index (χ3v) is 8.71. The summed E-state index contributed by atoms with van der Waals surface area (Å²) in [6.45, 7) is 0. The fraction of sp³-hybridized carbons (Fsp3) is 0.320. The smallest absolute Gasteiger partial charge is 0.255 e. The molecule has 0 spiro atoms. The molecule has 1 amide bonds. The highest BCUT2D eigenvalue weighted by Crippen LogP contribution is 2.54. The summed E-state index contributed by atoms with van der Waals surface area (Å²) >= 11 is 7.44. The number of likely N-dealkylation sites (N-methyl/N-ethyl adjacent to an activating group) is 1. The Hall–Kier alpha value is -3.18. The third-order valence-electron chi connectivity index (χ3n) is 7.44. The van der Waals surface area contributed by atoms with Crippen molar-refractivity contribution in [1.29, 1.82) is 0 Å². The normalized spacial score (nSPS) is 27.8. The van der Waals surface area contributed by atoms with Crippen molar-refractivity contribution in [2.45, 2.75) is 24.5 Å². The zero-order valence-electron chi connectivity index (χ0n) is 19.3. The molecule has 6 N–H and O–H groups in total. The number of primary amides is 1. The number of halogens is 1. The number of hydrogen-bond donors (Lipinski definition) is 5. The molecule has 0 unspecified atom stereocenters. The van der Waals surface area contributed by atoms with Crippen LogP contribution >= 0.6 is 22.9 Å². The number of ketones is 2. The number of carbonyl (C=O) groups excluding carboxylic acids is 3. The van der Waals surface area contributed by atoms with Crippen LogP contribution in [0.5, 0.6) is 5.75 Å². The van der Waals surface area contributed by atoms with Gasteiger partial charge in [-0.3, -0.25) is 19.3 Å². The Kier molecular flexibility index (Phi) is 5.56. The molecule has 1 aromatic carbocycles. The van der Waals surface area contributed by atoms with E-state index in [0.717, 1.165) is 10.4 Å². The van der Waals surface area contributed by atoms with Gasteiger partial charge in [0.05, 0.1) is 15.9 Å². The Bertz CT molecular complexity index is 1430. The van der Waals surface area contributed by atoms with Gasteiger partial charge < -0.3 is 26.2 Å². The Morgan fingerprint density at radius 2 is 1.86 bits per heavy atom. The molecule has 0 saturated heterocycles. The fourth-order valence-corrected chi connectivity index (χ4v) is 7.03. The van der Waals surface area contributed by atoms with Crippen molar-refractivity contribution in [1.82, 2.24) is 4.90 Å². The van der Waals surface area contributed by atoms with Crippen LogP contribution in [-0.2, 0) is 20.8 Å². The number of rotatable bonds is 3. The van der Waals surface area contributed by atoms with E-state index in [1.54, 1.807) is 26.2 Å². The first kappa shape index (κ1) is 24.5. The number of aromatic hydroxyl groups is 1. The minimum atomic E-state index is -2.65. The zero-order valence-corrected chi connectivity index (χ0v) is 20.9. The molecule has 9 nitrogen and oxygen atoms in total. The fourth-order valence-electron chi connectivity index (χ4n) is 5.93. The van der Waals surface area contributed by atoms with Crippen LogP contribution < -0.4 is 5.73 Å². The van der Waals surface area contributed by atoms with E-state index in [9.17, 15) is 34.8 Å². The van der Waals surface area contributed by atoms with Crippen LogP contribution in [0, 0.1) is 11.8 Å². The molecule has 36 heavy (non-hydrogen) atoms. The first-order chi connectivity index (χ1) is 16.9. The predicted molar refractivity (Wildman–Crippen MR) is 133 cm³/mol. The van der Waals surface area contributed by atoms with Gasteiger partial charge in [-0.25, -0.2) is 0 Å². The Morgan fingerprint density at radius 1 is 1.17 bits per heavy atom. The van der Waals surface area contributed by atoms with Crippen LogP contribution in [0.3, 0.4) is 0 Å². The summed E-state index contributed by atoms with van der Waals surface area (Å²) in [4.78, 5) is 41.3. The number of thiophene rings is 1. The maximum absolute atomic E-state index is 13.8. The van der Waals surface area contributed by atoms with Crippen molar-refractivity contribution in [2.75, 3.05) is 14.1 Å². The Labute approximate surface area is 214 Å². The summed E-state index contributed by atoms with van der Waals surface area (Å²) < 4.78 is 0.558. The number of fused-ring (bicyclic) bond motifs is 3. The first-order valence-corrected chi connectivity index (χ1v) is 12.3. The highest BCUT2D eigenvalue weighted by Gasteiger charge is 2.64. The number of nitrogens with two attached hydrogens (primary N) is 1. The van der Waals surface area contributed by atoms with Gasteiger partial charge >= 0.3 is 0 Å². The lowest BCUT2D eigenvalue weighted by atomic mass is 9.57. The van der Waals surface area contributed by atoms with Gasteiger partial charge in [0.2, 0.25) is 5.78 Å². The second-order valence-electron chi connectivity index (χ2n) is 9.55. The molecule has 11 heteroatoms. The second-order valence-corrected chi connectivity index (χ2v) is 11.3. The second kappa shape index (κ2) is 8.17. The number of nitrogens with zero attached hydrogens (tertiary/aromatic N) is 1. The third kappa shape index (κ3) is 3.18. The number of benzene rings is 1. The molecule has 4 atom stereocenters. The predicted octanol–water partition coefficient (Wildman–Crippen LogP) is 2.35. The van der Waals surface area contributed by atoms with Crippen molar-refractivity contribution in [3.8, 4) is 16.2 Å². The number of Topliss-reactive ketones (excluding diaryl/α,β-unsaturated/α-hetero) is 2. The van der Waals surface area contributed by atoms with Gasteiger partial charge in [-0.05, 0) is 68.2 Å². The molecule has 1 fully saturated rings. The van der Waals surface area contributed by atoms with E-state index in [0.29, 0.717) is 9.90 Å². The number of phenols is 1. The summed E-state index contributed by atoms with van der Waals surface area (Å²) in [7, 11) is 3.12. The van der Waals surface area contributed by atoms with E-state index >= 15 is 0 Å². The molecule has 3 aliphatic carbocycles. The molecular weight excluding hydrogens is 508 g/mol. The lowest BCUT2D eigenvalue weighted by molar-refractivity contribution is -0.153. The minimum absolute atomic E-state index is 0.0338. The molecule has 1 heterocycles. The van der Waals surface area contributed by atoms with E-state index in [4.69, 9.17) is 17.3 Å². The number of aliphatic hydroxyl groups is 3. The van der Waals surface area contributed by atoms with E-state index in [2.05, 4.69) is 0 Å². The van der Waals surface area contributed by atoms with Gasteiger partial charge in [0.25, 0.3) is 5.91 Å². The number of amides is 1. The quantitative estimate of drug-likeness (QED) is 0.378. The van der Waals surface area contributed by atoms with Gasteiger partial charge in [0.15, 0.2) is 11.4 Å². The van der Waals surface area contributed by atoms with E-state index < -0.39 is 58.0 Å². The number of hydrogen-bond acceptors (Lipinski definition) is 9. The van der Waals surface area contributed by atoms with E-state index in [-0.39, 0.29) is 29.7 Å². The molecule has 2 aromatic rings. The molecule has 5 rings (SSSR count). The molecule has 3 aliphatic rings. The Balaban J connectivity index is 1.75. The van der Waals surface area contributed by atoms with Crippen LogP contribution in [-0.4, -0.2) is 68.5 Å². The van der Waals surface area contributed by atoms with Crippen LogP contribution in [0.15, 0.2) is 41.2 Å². The standard InChI is InChI=1S/C25H23ClN2O7S/c1-28(2)19-12-8-9-7-11-10(14-5-6-15(26)36-14)3-4-13(29)17(11)20(30)16(9)22(32)25(12,35)23(33)18(21(19)31)24(27)34/h3-6,9,12,19,29-30,33,35H,7-8H2,1-2H3,(H2,27,34)/t9-,12-,19-,25-/m1/s1. The van der Waals surface area contributed by atoms with Crippen LogP contribution in [0.2, 0.25) is 4.34 Å². The molecule has 0 radical (unpaired) electrons. The molecule has 0 bridgehead atoms. The Morgan fingerprint density at radius 3 is 2.44 bits per heavy atom. The topological polar surface area (TPSA) is 161 Å². The van der Waals surface area contributed by atoms with Crippen molar-refractivity contribution in [3.05, 3.63) is 56.6 Å². The minimum Gasteiger partial charge on any atom is -0.508 e. The molecule has 1 aromatic heterocycles. The van der Waals surface area contributed by atoms with Crippen molar-refractivity contribution in [3.63, 3.8) is 0 Å². The van der Waals surface area contributed by atoms with Gasteiger partial charge in [0.1, 0.15) is 22.8 Å². The van der Waals surface area contributed by atoms with Gasteiger partial charge in [-0.2, -0.15) is 0 Å². The SMILES string of the molecule is CN(C)[C@H]1C(=O)C(C(N)=O)=C(O)[C@]2(O)C(=O)C3=C(O)c4c(O)ccc(-c5ccc(Cl)s5)c4C[C@@H]3C[C@H]12. The van der Waals surface area contributed by atoms with Gasteiger partial charge in [-0.15, -0.1) is 11.3 Å². The van der Waals surface area contributed by atoms with Crippen molar-refractivity contribution in [2.24, 2.45) is 17.6 Å². The summed E-state index contributed by atoms with van der Waals surface area (Å²) in [5.41, 5.74) is 3.03. The van der Waals surface area contributed by atoms with Crippen LogP contribution in [0.1, 0.15) is 17.5 Å². The molecule has 188 valence electrons. The average Bonchev–Trinajstić information content (AvgIpc) is 3.22. The number of phenolic OH excluding ortho intramolecular Hbond substituents is 1. The monoisotopic (exact) mass is 530 g/mol. The highest BCUT2D eigenvalue weighted by atomic mass is 35.5. The summed E-state index contributed by atoms with van der Waals surface area (Å²) in [6.07, 6.45) is 0.250. The summed E-state index contributed by atoms with van der Waals surface area (Å²) in [6, 6.07) is 5.53. The first-order valence-electron chi connectivity index (χ1n) is 11.1. The lowest BCUT2D eigenvalue weighted by Crippen LogP contribution is -2.65. The molecular formula is C25H23ClN2O7S. The van der Waals surface area contributed by atoms with Crippen LogP contribution in [0.25, 0.3) is 16.2 Å². The lowest BCUT2D eigenvalue weighted by Gasteiger charge is -2.50. The van der Waals surface area contributed by atoms with Crippen molar-refractivity contribution < 1.29 is 34.8 Å². The zero-order chi connectivity index (χ0) is 26.3. The van der Waals surface area contributed by atoms with E-state index in [1.165, 1.54) is 22.3 Å². The van der Waals surface area contributed by atoms with Gasteiger partial charge in [-0.1, -0.05) is 11.6 Å². The molecule has 0 aliphatic heterocycles. The largest absolute Gasteiger partial charge is 0.508 e. The molecule has 1 saturated carbocycles. The van der Waals surface area contributed by atoms with E-state index in [1.807, 2.05) is 6.07 Å². The maximum atomic E-state index is 13.8.